The van der Waals surface area contributed by atoms with Crippen molar-refractivity contribution in [2.24, 2.45) is 0 Å². The Balaban J connectivity index is 2.27. The lowest BCUT2D eigenvalue weighted by Crippen LogP contribution is -2.12. The van der Waals surface area contributed by atoms with Crippen molar-refractivity contribution in [1.29, 1.82) is 0 Å². The van der Waals surface area contributed by atoms with Gasteiger partial charge in [0.15, 0.2) is 0 Å². The standard InChI is InChI=1S/C13H10ClN3O3/c1-8-4-9(6-11(5-8)17(19)20)13(18)16-10-2-3-15-12(14)7-10/h2-7H,1H3,(H,15,16,18). The molecule has 1 heterocycles. The molecule has 0 fully saturated rings. The van der Waals surface area contributed by atoms with Crippen LogP contribution in [0, 0.1) is 17.0 Å². The second kappa shape index (κ2) is 5.66. The zero-order valence-corrected chi connectivity index (χ0v) is 11.2. The molecule has 1 aromatic heterocycles. The number of hydrogen-bond donors (Lipinski definition) is 1. The van der Waals surface area contributed by atoms with Crippen molar-refractivity contribution < 1.29 is 9.72 Å². The van der Waals surface area contributed by atoms with Gasteiger partial charge in [-0.25, -0.2) is 4.98 Å². The van der Waals surface area contributed by atoms with E-state index in [1.54, 1.807) is 19.1 Å². The number of pyridine rings is 1. The molecule has 0 unspecified atom stereocenters. The molecule has 0 radical (unpaired) electrons. The first-order valence-electron chi connectivity index (χ1n) is 5.65. The van der Waals surface area contributed by atoms with E-state index in [-0.39, 0.29) is 16.4 Å². The number of non-ortho nitro benzene ring substituents is 1. The maximum Gasteiger partial charge on any atom is 0.270 e. The molecule has 2 aromatic rings. The SMILES string of the molecule is Cc1cc(C(=O)Nc2ccnc(Cl)c2)cc([N+](=O)[O-])c1. The molecule has 1 amide bonds. The maximum absolute atomic E-state index is 12.1. The van der Waals surface area contributed by atoms with Crippen LogP contribution in [0.1, 0.15) is 15.9 Å². The molecule has 1 N–H and O–H groups in total. The van der Waals surface area contributed by atoms with Crippen LogP contribution in [-0.4, -0.2) is 15.8 Å². The normalized spacial score (nSPS) is 10.1. The van der Waals surface area contributed by atoms with Crippen LogP contribution in [0.5, 0.6) is 0 Å². The molecule has 0 aliphatic rings. The first-order valence-corrected chi connectivity index (χ1v) is 6.02. The van der Waals surface area contributed by atoms with Gasteiger partial charge in [-0.05, 0) is 30.7 Å². The number of carbonyl (C=O) groups is 1. The number of anilines is 1. The van der Waals surface area contributed by atoms with Crippen molar-refractivity contribution in [3.05, 3.63) is 62.9 Å². The third-order valence-electron chi connectivity index (χ3n) is 2.52. The number of nitro groups is 1. The molecular formula is C13H10ClN3O3. The molecule has 0 atom stereocenters. The summed E-state index contributed by atoms with van der Waals surface area (Å²) in [5.74, 6) is -0.445. The summed E-state index contributed by atoms with van der Waals surface area (Å²) in [5.41, 5.74) is 1.20. The van der Waals surface area contributed by atoms with Crippen LogP contribution in [0.15, 0.2) is 36.5 Å². The van der Waals surface area contributed by atoms with Gasteiger partial charge in [-0.2, -0.15) is 0 Å². The van der Waals surface area contributed by atoms with Crippen LogP contribution in [-0.2, 0) is 0 Å². The summed E-state index contributed by atoms with van der Waals surface area (Å²) >= 11 is 5.71. The minimum atomic E-state index is -0.535. The predicted octanol–water partition coefficient (Wildman–Crippen LogP) is 3.20. The van der Waals surface area contributed by atoms with Crippen molar-refractivity contribution in [3.63, 3.8) is 0 Å². The average molecular weight is 292 g/mol. The Bertz CT molecular complexity index is 688. The Morgan fingerprint density at radius 2 is 2.10 bits per heavy atom. The summed E-state index contributed by atoms with van der Waals surface area (Å²) in [6, 6.07) is 7.27. The average Bonchev–Trinajstić information content (AvgIpc) is 2.37. The molecule has 7 heteroatoms. The number of aromatic nitrogens is 1. The largest absolute Gasteiger partial charge is 0.322 e. The van der Waals surface area contributed by atoms with E-state index < -0.39 is 10.8 Å². The van der Waals surface area contributed by atoms with Crippen LogP contribution in [0.3, 0.4) is 0 Å². The topological polar surface area (TPSA) is 85.1 Å². The number of aryl methyl sites for hydroxylation is 1. The number of amides is 1. The van der Waals surface area contributed by atoms with Crippen LogP contribution in [0.4, 0.5) is 11.4 Å². The number of nitrogens with one attached hydrogen (secondary N) is 1. The van der Waals surface area contributed by atoms with E-state index >= 15 is 0 Å². The second-order valence-electron chi connectivity index (χ2n) is 4.14. The smallest absolute Gasteiger partial charge is 0.270 e. The number of halogens is 1. The fourth-order valence-corrected chi connectivity index (χ4v) is 1.86. The van der Waals surface area contributed by atoms with Crippen molar-refractivity contribution in [3.8, 4) is 0 Å². The van der Waals surface area contributed by atoms with E-state index in [9.17, 15) is 14.9 Å². The number of benzene rings is 1. The predicted molar refractivity (Wildman–Crippen MR) is 75.0 cm³/mol. The van der Waals surface area contributed by atoms with Gasteiger partial charge in [0.2, 0.25) is 0 Å². The Morgan fingerprint density at radius 3 is 2.75 bits per heavy atom. The molecule has 102 valence electrons. The third-order valence-corrected chi connectivity index (χ3v) is 2.73. The zero-order valence-electron chi connectivity index (χ0n) is 10.5. The van der Waals surface area contributed by atoms with E-state index in [2.05, 4.69) is 10.3 Å². The van der Waals surface area contributed by atoms with Gasteiger partial charge in [0, 0.05) is 29.6 Å². The van der Waals surface area contributed by atoms with Gasteiger partial charge < -0.3 is 5.32 Å². The van der Waals surface area contributed by atoms with E-state index in [1.807, 2.05) is 0 Å². The highest BCUT2D eigenvalue weighted by molar-refractivity contribution is 6.29. The van der Waals surface area contributed by atoms with Crippen molar-refractivity contribution in [1.82, 2.24) is 4.98 Å². The van der Waals surface area contributed by atoms with Gasteiger partial charge in [-0.15, -0.1) is 0 Å². The third kappa shape index (κ3) is 3.30. The molecule has 0 saturated heterocycles. The molecular weight excluding hydrogens is 282 g/mol. The number of rotatable bonds is 3. The molecule has 0 bridgehead atoms. The molecule has 20 heavy (non-hydrogen) atoms. The highest BCUT2D eigenvalue weighted by Gasteiger charge is 2.13. The van der Waals surface area contributed by atoms with Crippen molar-refractivity contribution in [2.45, 2.75) is 6.92 Å². The fraction of sp³-hybridized carbons (Fsp3) is 0.0769. The summed E-state index contributed by atoms with van der Waals surface area (Å²) in [7, 11) is 0. The molecule has 6 nitrogen and oxygen atoms in total. The van der Waals surface area contributed by atoms with Crippen LogP contribution < -0.4 is 5.32 Å². The van der Waals surface area contributed by atoms with Gasteiger partial charge in [-0.3, -0.25) is 14.9 Å². The quantitative estimate of drug-likeness (QED) is 0.534. The fourth-order valence-electron chi connectivity index (χ4n) is 1.68. The van der Waals surface area contributed by atoms with Gasteiger partial charge in [0.25, 0.3) is 11.6 Å². The van der Waals surface area contributed by atoms with E-state index in [0.29, 0.717) is 11.3 Å². The number of nitrogens with zero attached hydrogens (tertiary/aromatic N) is 2. The van der Waals surface area contributed by atoms with Crippen LogP contribution >= 0.6 is 11.6 Å². The first-order chi connectivity index (χ1) is 9.45. The summed E-state index contributed by atoms with van der Waals surface area (Å²) in [4.78, 5) is 26.1. The molecule has 0 spiro atoms. The highest BCUT2D eigenvalue weighted by atomic mass is 35.5. The minimum Gasteiger partial charge on any atom is -0.322 e. The van der Waals surface area contributed by atoms with Gasteiger partial charge in [0.05, 0.1) is 4.92 Å². The lowest BCUT2D eigenvalue weighted by molar-refractivity contribution is -0.384. The monoisotopic (exact) mass is 291 g/mol. The summed E-state index contributed by atoms with van der Waals surface area (Å²) in [5, 5.41) is 13.6. The first kappa shape index (κ1) is 14.0. The lowest BCUT2D eigenvalue weighted by Gasteiger charge is -2.06. The number of nitro benzene ring substituents is 1. The second-order valence-corrected chi connectivity index (χ2v) is 4.52. The van der Waals surface area contributed by atoms with Crippen molar-refractivity contribution >= 4 is 28.9 Å². The van der Waals surface area contributed by atoms with E-state index in [1.165, 1.54) is 24.4 Å². The Morgan fingerprint density at radius 1 is 1.35 bits per heavy atom. The number of carbonyl (C=O) groups excluding carboxylic acids is 1. The minimum absolute atomic E-state index is 0.122. The van der Waals surface area contributed by atoms with Gasteiger partial charge >= 0.3 is 0 Å². The molecule has 1 aromatic carbocycles. The summed E-state index contributed by atoms with van der Waals surface area (Å²) in [6.45, 7) is 1.69. The molecule has 0 aliphatic carbocycles. The van der Waals surface area contributed by atoms with E-state index in [0.717, 1.165) is 0 Å². The summed E-state index contributed by atoms with van der Waals surface area (Å²) < 4.78 is 0. The van der Waals surface area contributed by atoms with Gasteiger partial charge in [-0.1, -0.05) is 11.6 Å². The molecule has 0 saturated carbocycles. The highest BCUT2D eigenvalue weighted by Crippen LogP contribution is 2.18. The Labute approximate surface area is 119 Å². The number of hydrogen-bond acceptors (Lipinski definition) is 4. The Kier molecular flexibility index (Phi) is 3.95. The van der Waals surface area contributed by atoms with Crippen molar-refractivity contribution in [2.75, 3.05) is 5.32 Å². The zero-order chi connectivity index (χ0) is 14.7. The van der Waals surface area contributed by atoms with Crippen LogP contribution in [0.25, 0.3) is 0 Å². The van der Waals surface area contributed by atoms with Gasteiger partial charge in [0.1, 0.15) is 5.15 Å². The molecule has 0 aliphatic heterocycles. The maximum atomic E-state index is 12.1. The summed E-state index contributed by atoms with van der Waals surface area (Å²) in [6.07, 6.45) is 1.46. The van der Waals surface area contributed by atoms with E-state index in [4.69, 9.17) is 11.6 Å². The lowest BCUT2D eigenvalue weighted by atomic mass is 10.1. The molecule has 2 rings (SSSR count). The van der Waals surface area contributed by atoms with Crippen LogP contribution in [0.2, 0.25) is 5.15 Å². The Hall–Kier alpha value is -2.47.